The minimum absolute atomic E-state index is 0.112. The number of benzene rings is 4. The molecule has 0 heterocycles. The Morgan fingerprint density at radius 1 is 0.571 bits per heavy atom. The summed E-state index contributed by atoms with van der Waals surface area (Å²) in [4.78, 5) is 24.6. The molecule has 4 aromatic carbocycles. The number of nitrogens with zero attached hydrogens (tertiary/aromatic N) is 2. The second kappa shape index (κ2) is 14.3. The van der Waals surface area contributed by atoms with Crippen LogP contribution in [0.25, 0.3) is 0 Å². The SMILES string of the molecule is COc1ccc(OCCOc2ccc(OC(=O)c3ccc(N=Nc4ccc(C(C)=O)c(OC)c4)cc3OC)cc2)cc1. The summed E-state index contributed by atoms with van der Waals surface area (Å²) >= 11 is 0. The molecule has 0 radical (unpaired) electrons. The topological polar surface area (TPSA) is 114 Å². The van der Waals surface area contributed by atoms with Gasteiger partial charge in [-0.15, -0.1) is 0 Å². The number of hydrogen-bond donors (Lipinski definition) is 0. The van der Waals surface area contributed by atoms with Crippen molar-refractivity contribution in [2.75, 3.05) is 34.5 Å². The maximum Gasteiger partial charge on any atom is 0.347 e. The minimum atomic E-state index is -0.596. The van der Waals surface area contributed by atoms with Gasteiger partial charge in [0.1, 0.15) is 53.3 Å². The lowest BCUT2D eigenvalue weighted by molar-refractivity contribution is 0.0731. The highest BCUT2D eigenvalue weighted by atomic mass is 16.5. The molecule has 4 aromatic rings. The van der Waals surface area contributed by atoms with Crippen molar-refractivity contribution < 1.29 is 38.0 Å². The van der Waals surface area contributed by atoms with E-state index in [1.54, 1.807) is 67.8 Å². The Labute approximate surface area is 243 Å². The van der Waals surface area contributed by atoms with Gasteiger partial charge in [0, 0.05) is 12.1 Å². The van der Waals surface area contributed by atoms with E-state index in [4.69, 9.17) is 28.4 Å². The van der Waals surface area contributed by atoms with Crippen LogP contribution in [-0.4, -0.2) is 46.3 Å². The number of rotatable bonds is 13. The zero-order valence-electron chi connectivity index (χ0n) is 23.7. The second-order valence-electron chi connectivity index (χ2n) is 8.76. The predicted octanol–water partition coefficient (Wildman–Crippen LogP) is 7.01. The lowest BCUT2D eigenvalue weighted by Crippen LogP contribution is -2.10. The molecule has 0 bridgehead atoms. The zero-order chi connectivity index (χ0) is 29.9. The van der Waals surface area contributed by atoms with E-state index in [0.29, 0.717) is 53.2 Å². The number of ketones is 1. The third-order valence-corrected chi connectivity index (χ3v) is 5.96. The summed E-state index contributed by atoms with van der Waals surface area (Å²) in [5.74, 6) is 2.40. The van der Waals surface area contributed by atoms with E-state index in [9.17, 15) is 9.59 Å². The van der Waals surface area contributed by atoms with E-state index in [1.807, 2.05) is 24.3 Å². The Hall–Kier alpha value is -5.38. The molecule has 0 aliphatic heterocycles. The van der Waals surface area contributed by atoms with Gasteiger partial charge in [-0.3, -0.25) is 4.79 Å². The number of esters is 1. The number of methoxy groups -OCH3 is 3. The van der Waals surface area contributed by atoms with Crippen LogP contribution in [0.5, 0.6) is 34.5 Å². The molecule has 10 nitrogen and oxygen atoms in total. The van der Waals surface area contributed by atoms with Crippen molar-refractivity contribution in [3.8, 4) is 34.5 Å². The summed E-state index contributed by atoms with van der Waals surface area (Å²) in [5.41, 5.74) is 1.63. The van der Waals surface area contributed by atoms with E-state index < -0.39 is 5.97 Å². The maximum absolute atomic E-state index is 12.9. The first kappa shape index (κ1) is 29.6. The lowest BCUT2D eigenvalue weighted by atomic mass is 10.1. The number of carbonyl (C=O) groups is 2. The van der Waals surface area contributed by atoms with Crippen molar-refractivity contribution in [3.05, 3.63) is 96.1 Å². The van der Waals surface area contributed by atoms with Crippen molar-refractivity contribution in [1.82, 2.24) is 0 Å². The molecule has 10 heteroatoms. The summed E-state index contributed by atoms with van der Waals surface area (Å²) in [6.45, 7) is 2.16. The van der Waals surface area contributed by atoms with E-state index in [-0.39, 0.29) is 17.1 Å². The Morgan fingerprint density at radius 3 is 1.50 bits per heavy atom. The van der Waals surface area contributed by atoms with Crippen molar-refractivity contribution in [2.45, 2.75) is 6.92 Å². The molecular weight excluding hydrogens is 540 g/mol. The summed E-state index contributed by atoms with van der Waals surface area (Å²) in [6.07, 6.45) is 0. The molecule has 0 saturated carbocycles. The monoisotopic (exact) mass is 570 g/mol. The Bertz CT molecular complexity index is 1550. The molecular formula is C32H30N2O8. The van der Waals surface area contributed by atoms with Crippen molar-refractivity contribution in [3.63, 3.8) is 0 Å². The van der Waals surface area contributed by atoms with Gasteiger partial charge in [0.15, 0.2) is 5.78 Å². The first-order chi connectivity index (χ1) is 20.4. The largest absolute Gasteiger partial charge is 0.497 e. The number of ether oxygens (including phenoxy) is 6. The summed E-state index contributed by atoms with van der Waals surface area (Å²) < 4.78 is 32.7. The molecule has 0 unspecified atom stereocenters. The van der Waals surface area contributed by atoms with Crippen LogP contribution in [0, 0.1) is 0 Å². The number of Topliss-reactive ketones (excluding diaryl/α,β-unsaturated/α-hetero) is 1. The molecule has 42 heavy (non-hydrogen) atoms. The number of carbonyl (C=O) groups excluding carboxylic acids is 2. The molecule has 0 spiro atoms. The van der Waals surface area contributed by atoms with E-state index in [1.165, 1.54) is 21.1 Å². The predicted molar refractivity (Wildman–Crippen MR) is 156 cm³/mol. The molecule has 0 atom stereocenters. The average molecular weight is 571 g/mol. The molecule has 4 rings (SSSR count). The van der Waals surface area contributed by atoms with Gasteiger partial charge in [-0.25, -0.2) is 4.79 Å². The smallest absolute Gasteiger partial charge is 0.347 e. The van der Waals surface area contributed by atoms with Crippen LogP contribution in [0.1, 0.15) is 27.6 Å². The van der Waals surface area contributed by atoms with Crippen molar-refractivity contribution >= 4 is 23.1 Å². The summed E-state index contributed by atoms with van der Waals surface area (Å²) in [7, 11) is 4.54. The standard InChI is InChI=1S/C32H30N2O8/c1-21(35)28-15-5-22(19-30(28)38-3)33-34-23-6-16-29(31(20-23)39-4)32(36)42-27-13-11-26(12-14-27)41-18-17-40-25-9-7-24(37-2)8-10-25/h5-16,19-20H,17-18H2,1-4H3. The molecule has 0 aliphatic rings. The number of hydrogen-bond acceptors (Lipinski definition) is 10. The molecule has 0 fully saturated rings. The fourth-order valence-corrected chi connectivity index (χ4v) is 3.82. The molecule has 0 amide bonds. The third-order valence-electron chi connectivity index (χ3n) is 5.96. The fraction of sp³-hybridized carbons (Fsp3) is 0.188. The van der Waals surface area contributed by atoms with Gasteiger partial charge >= 0.3 is 5.97 Å². The average Bonchev–Trinajstić information content (AvgIpc) is 3.02. The van der Waals surface area contributed by atoms with Gasteiger partial charge < -0.3 is 28.4 Å². The fourth-order valence-electron chi connectivity index (χ4n) is 3.82. The van der Waals surface area contributed by atoms with Crippen LogP contribution >= 0.6 is 0 Å². The van der Waals surface area contributed by atoms with Crippen LogP contribution in [-0.2, 0) is 0 Å². The van der Waals surface area contributed by atoms with Gasteiger partial charge in [-0.2, -0.15) is 10.2 Å². The van der Waals surface area contributed by atoms with Gasteiger partial charge in [-0.05, 0) is 79.7 Å². The summed E-state index contributed by atoms with van der Waals surface area (Å²) in [5, 5.41) is 8.41. The first-order valence-electron chi connectivity index (χ1n) is 12.9. The van der Waals surface area contributed by atoms with Gasteiger partial charge in [0.25, 0.3) is 0 Å². The van der Waals surface area contributed by atoms with Crippen molar-refractivity contribution in [2.24, 2.45) is 10.2 Å². The molecule has 0 N–H and O–H groups in total. The van der Waals surface area contributed by atoms with E-state index in [0.717, 1.165) is 5.75 Å². The maximum atomic E-state index is 12.9. The third kappa shape index (κ3) is 7.85. The lowest BCUT2D eigenvalue weighted by Gasteiger charge is -2.11. The Morgan fingerprint density at radius 2 is 1.02 bits per heavy atom. The molecule has 0 saturated heterocycles. The van der Waals surface area contributed by atoms with E-state index >= 15 is 0 Å². The van der Waals surface area contributed by atoms with E-state index in [2.05, 4.69) is 10.2 Å². The van der Waals surface area contributed by atoms with Crippen LogP contribution in [0.4, 0.5) is 11.4 Å². The van der Waals surface area contributed by atoms with Crippen LogP contribution in [0.15, 0.2) is 95.2 Å². The van der Waals surface area contributed by atoms with Crippen LogP contribution in [0.3, 0.4) is 0 Å². The minimum Gasteiger partial charge on any atom is -0.497 e. The molecule has 216 valence electrons. The molecule has 0 aromatic heterocycles. The molecule has 0 aliphatic carbocycles. The second-order valence-corrected chi connectivity index (χ2v) is 8.76. The zero-order valence-corrected chi connectivity index (χ0v) is 23.7. The highest BCUT2D eigenvalue weighted by molar-refractivity contribution is 5.97. The van der Waals surface area contributed by atoms with Crippen molar-refractivity contribution in [1.29, 1.82) is 0 Å². The first-order valence-corrected chi connectivity index (χ1v) is 12.9. The Balaban J connectivity index is 1.32. The quantitative estimate of drug-likeness (QED) is 0.0555. The highest BCUT2D eigenvalue weighted by Crippen LogP contribution is 2.30. The summed E-state index contributed by atoms with van der Waals surface area (Å²) in [6, 6.07) is 23.6. The van der Waals surface area contributed by atoms with Gasteiger partial charge in [0.2, 0.25) is 0 Å². The van der Waals surface area contributed by atoms with Crippen LogP contribution < -0.4 is 28.4 Å². The number of azo groups is 1. The normalized spacial score (nSPS) is 10.7. The van der Waals surface area contributed by atoms with Gasteiger partial charge in [0.05, 0.1) is 38.3 Å². The highest BCUT2D eigenvalue weighted by Gasteiger charge is 2.16. The Kier molecular flexibility index (Phi) is 10.1. The van der Waals surface area contributed by atoms with Gasteiger partial charge in [-0.1, -0.05) is 0 Å². The van der Waals surface area contributed by atoms with Crippen LogP contribution in [0.2, 0.25) is 0 Å².